The zero-order chi connectivity index (χ0) is 19.9. The monoisotopic (exact) mass is 405 g/mol. The second kappa shape index (κ2) is 7.25. The van der Waals surface area contributed by atoms with E-state index in [0.29, 0.717) is 43.5 Å². The van der Waals surface area contributed by atoms with Crippen LogP contribution < -0.4 is 5.56 Å². The van der Waals surface area contributed by atoms with Gasteiger partial charge in [-0.3, -0.25) is 14.5 Å². The fourth-order valence-electron chi connectivity index (χ4n) is 4.00. The van der Waals surface area contributed by atoms with E-state index in [1.54, 1.807) is 36.1 Å². The molecule has 9 nitrogen and oxygen atoms in total. The Balaban J connectivity index is 1.44. The summed E-state index contributed by atoms with van der Waals surface area (Å²) in [5, 5.41) is 8.43. The molecule has 3 heterocycles. The quantitative estimate of drug-likeness (QED) is 0.689. The SMILES string of the molecule is CC(C(=O)N1CCN(C2CCS(=O)(=O)C2)CC1)n1nnc2ccccc2c1=O. The van der Waals surface area contributed by atoms with E-state index in [-0.39, 0.29) is 29.0 Å². The lowest BCUT2D eigenvalue weighted by Crippen LogP contribution is -2.53. The highest BCUT2D eigenvalue weighted by molar-refractivity contribution is 7.91. The van der Waals surface area contributed by atoms with Gasteiger partial charge in [-0.2, -0.15) is 4.68 Å². The number of amides is 1. The maximum atomic E-state index is 12.9. The fourth-order valence-corrected chi connectivity index (χ4v) is 5.76. The summed E-state index contributed by atoms with van der Waals surface area (Å²) in [6, 6.07) is 6.23. The van der Waals surface area contributed by atoms with E-state index < -0.39 is 15.9 Å². The molecule has 2 fully saturated rings. The van der Waals surface area contributed by atoms with Crippen molar-refractivity contribution < 1.29 is 13.2 Å². The normalized spacial score (nSPS) is 23.8. The van der Waals surface area contributed by atoms with Crippen LogP contribution in [0, 0.1) is 0 Å². The molecule has 2 aromatic rings. The molecule has 0 bridgehead atoms. The summed E-state index contributed by atoms with van der Waals surface area (Å²) in [6.07, 6.45) is 0.661. The first-order valence-corrected chi connectivity index (χ1v) is 11.3. The molecule has 0 spiro atoms. The van der Waals surface area contributed by atoms with Crippen LogP contribution in [-0.2, 0) is 14.6 Å². The van der Waals surface area contributed by atoms with Crippen molar-refractivity contribution in [3.8, 4) is 0 Å². The molecule has 0 N–H and O–H groups in total. The number of carbonyl (C=O) groups excluding carboxylic acids is 1. The molecule has 0 aliphatic carbocycles. The highest BCUT2D eigenvalue weighted by atomic mass is 32.2. The van der Waals surface area contributed by atoms with Crippen molar-refractivity contribution in [2.24, 2.45) is 0 Å². The van der Waals surface area contributed by atoms with Gasteiger partial charge in [0, 0.05) is 32.2 Å². The number of hydrogen-bond acceptors (Lipinski definition) is 7. The molecule has 1 aromatic carbocycles. The van der Waals surface area contributed by atoms with Crippen molar-refractivity contribution in [1.29, 1.82) is 0 Å². The molecular weight excluding hydrogens is 382 g/mol. The van der Waals surface area contributed by atoms with Gasteiger partial charge >= 0.3 is 0 Å². The number of nitrogens with zero attached hydrogens (tertiary/aromatic N) is 5. The number of hydrogen-bond donors (Lipinski definition) is 0. The number of aromatic nitrogens is 3. The largest absolute Gasteiger partial charge is 0.338 e. The third kappa shape index (κ3) is 3.53. The molecule has 0 radical (unpaired) electrons. The zero-order valence-electron chi connectivity index (χ0n) is 15.7. The van der Waals surface area contributed by atoms with Gasteiger partial charge in [0.05, 0.1) is 16.9 Å². The van der Waals surface area contributed by atoms with Crippen LogP contribution >= 0.6 is 0 Å². The molecule has 150 valence electrons. The second-order valence-electron chi connectivity index (χ2n) is 7.45. The van der Waals surface area contributed by atoms with Crippen LogP contribution in [0.4, 0.5) is 0 Å². The molecule has 10 heteroatoms. The second-order valence-corrected chi connectivity index (χ2v) is 9.68. The van der Waals surface area contributed by atoms with Gasteiger partial charge in [0.1, 0.15) is 11.6 Å². The van der Waals surface area contributed by atoms with Crippen molar-refractivity contribution in [2.75, 3.05) is 37.7 Å². The molecule has 2 saturated heterocycles. The number of rotatable bonds is 3. The molecular formula is C18H23N5O4S. The van der Waals surface area contributed by atoms with Crippen LogP contribution in [0.15, 0.2) is 29.1 Å². The standard InChI is InChI=1S/C18H23N5O4S/c1-13(23-18(25)15-4-2-3-5-16(15)19-20-23)17(24)22-9-7-21(8-10-22)14-6-11-28(26,27)12-14/h2-5,13-14H,6-12H2,1H3. The number of carbonyl (C=O) groups is 1. The maximum absolute atomic E-state index is 12.9. The number of piperazine rings is 1. The highest BCUT2D eigenvalue weighted by Gasteiger charge is 2.35. The summed E-state index contributed by atoms with van der Waals surface area (Å²) in [5.74, 6) is 0.280. The van der Waals surface area contributed by atoms with E-state index in [4.69, 9.17) is 0 Å². The number of benzene rings is 1. The van der Waals surface area contributed by atoms with Gasteiger partial charge in [-0.15, -0.1) is 5.10 Å². The third-order valence-corrected chi connectivity index (χ3v) is 7.42. The fraction of sp³-hybridized carbons (Fsp3) is 0.556. The highest BCUT2D eigenvalue weighted by Crippen LogP contribution is 2.20. The van der Waals surface area contributed by atoms with E-state index in [9.17, 15) is 18.0 Å². The van der Waals surface area contributed by atoms with Crippen molar-refractivity contribution in [2.45, 2.75) is 25.4 Å². The average Bonchev–Trinajstić information content (AvgIpc) is 3.07. The Morgan fingerprint density at radius 2 is 1.89 bits per heavy atom. The summed E-state index contributed by atoms with van der Waals surface area (Å²) in [6.45, 7) is 3.95. The summed E-state index contributed by atoms with van der Waals surface area (Å²) >= 11 is 0. The van der Waals surface area contributed by atoms with Gasteiger partial charge in [-0.25, -0.2) is 8.42 Å². The van der Waals surface area contributed by atoms with E-state index in [1.807, 2.05) is 0 Å². The summed E-state index contributed by atoms with van der Waals surface area (Å²) in [5.41, 5.74) is 0.171. The van der Waals surface area contributed by atoms with E-state index >= 15 is 0 Å². The maximum Gasteiger partial charge on any atom is 0.278 e. The Bertz CT molecular complexity index is 1060. The number of sulfone groups is 1. The summed E-state index contributed by atoms with van der Waals surface area (Å²) in [7, 11) is -2.92. The predicted octanol–water partition coefficient (Wildman–Crippen LogP) is -0.316. The van der Waals surface area contributed by atoms with Gasteiger partial charge in [-0.05, 0) is 25.5 Å². The lowest BCUT2D eigenvalue weighted by molar-refractivity contribution is -0.136. The van der Waals surface area contributed by atoms with Gasteiger partial charge in [0.2, 0.25) is 5.91 Å². The molecule has 28 heavy (non-hydrogen) atoms. The first-order valence-electron chi connectivity index (χ1n) is 9.43. The Labute approximate surface area is 162 Å². The molecule has 1 amide bonds. The number of fused-ring (bicyclic) bond motifs is 1. The Morgan fingerprint density at radius 1 is 1.18 bits per heavy atom. The Hall–Kier alpha value is -2.33. The summed E-state index contributed by atoms with van der Waals surface area (Å²) < 4.78 is 24.5. The van der Waals surface area contributed by atoms with Crippen molar-refractivity contribution >= 4 is 26.6 Å². The lowest BCUT2D eigenvalue weighted by atomic mass is 10.1. The lowest BCUT2D eigenvalue weighted by Gasteiger charge is -2.38. The minimum atomic E-state index is -2.92. The topological polar surface area (TPSA) is 105 Å². The van der Waals surface area contributed by atoms with Gasteiger partial charge < -0.3 is 4.90 Å². The van der Waals surface area contributed by atoms with Crippen LogP contribution in [0.2, 0.25) is 0 Å². The molecule has 2 aliphatic heterocycles. The predicted molar refractivity (Wildman–Crippen MR) is 104 cm³/mol. The molecule has 0 saturated carbocycles. The van der Waals surface area contributed by atoms with Crippen molar-refractivity contribution in [3.63, 3.8) is 0 Å². The van der Waals surface area contributed by atoms with Crippen LogP contribution in [0.1, 0.15) is 19.4 Å². The molecule has 4 rings (SSSR count). The Morgan fingerprint density at radius 3 is 2.57 bits per heavy atom. The van der Waals surface area contributed by atoms with Crippen LogP contribution in [0.3, 0.4) is 0 Å². The van der Waals surface area contributed by atoms with Crippen LogP contribution in [0.25, 0.3) is 10.9 Å². The van der Waals surface area contributed by atoms with Gasteiger partial charge in [-0.1, -0.05) is 17.3 Å². The van der Waals surface area contributed by atoms with E-state index in [2.05, 4.69) is 15.2 Å². The Kier molecular flexibility index (Phi) is 4.92. The minimum Gasteiger partial charge on any atom is -0.338 e. The zero-order valence-corrected chi connectivity index (χ0v) is 16.5. The smallest absolute Gasteiger partial charge is 0.278 e. The first-order chi connectivity index (χ1) is 13.4. The average molecular weight is 405 g/mol. The van der Waals surface area contributed by atoms with Crippen LogP contribution in [0.5, 0.6) is 0 Å². The molecule has 1 aromatic heterocycles. The molecule has 2 aliphatic rings. The van der Waals surface area contributed by atoms with E-state index in [0.717, 1.165) is 4.68 Å². The van der Waals surface area contributed by atoms with Crippen molar-refractivity contribution in [1.82, 2.24) is 24.8 Å². The van der Waals surface area contributed by atoms with Crippen molar-refractivity contribution in [3.05, 3.63) is 34.6 Å². The molecule has 2 atom stereocenters. The van der Waals surface area contributed by atoms with Crippen LogP contribution in [-0.4, -0.2) is 82.8 Å². The van der Waals surface area contributed by atoms with Gasteiger partial charge in [0.15, 0.2) is 9.84 Å². The van der Waals surface area contributed by atoms with E-state index in [1.165, 1.54) is 0 Å². The first kappa shape index (κ1) is 19.0. The summed E-state index contributed by atoms with van der Waals surface area (Å²) in [4.78, 5) is 29.4. The minimum absolute atomic E-state index is 0.0497. The van der Waals surface area contributed by atoms with Gasteiger partial charge in [0.25, 0.3) is 5.56 Å². The third-order valence-electron chi connectivity index (χ3n) is 5.67. The molecule has 2 unspecified atom stereocenters.